The molecule has 3 unspecified atom stereocenters. The maximum Gasteiger partial charge on any atom is 0.237 e. The van der Waals surface area contributed by atoms with Crippen LogP contribution in [-0.2, 0) is 4.79 Å². The van der Waals surface area contributed by atoms with Gasteiger partial charge in [0.2, 0.25) is 5.91 Å². The molecule has 1 heterocycles. The summed E-state index contributed by atoms with van der Waals surface area (Å²) in [6.07, 6.45) is 3.39. The van der Waals surface area contributed by atoms with Crippen molar-refractivity contribution >= 4 is 30.1 Å². The highest BCUT2D eigenvalue weighted by molar-refractivity contribution is 8.00. The minimum absolute atomic E-state index is 0. The quantitative estimate of drug-likeness (QED) is 0.812. The summed E-state index contributed by atoms with van der Waals surface area (Å²) in [5.41, 5.74) is 5.88. The Morgan fingerprint density at radius 2 is 2.24 bits per heavy atom. The Bertz CT molecular complexity index is 245. The van der Waals surface area contributed by atoms with Gasteiger partial charge in [-0.05, 0) is 31.4 Å². The number of hydrogen-bond donors (Lipinski definition) is 2. The van der Waals surface area contributed by atoms with Crippen molar-refractivity contribution in [2.45, 2.75) is 50.8 Å². The molecule has 102 valence electrons. The zero-order chi connectivity index (χ0) is 12.2. The third-order valence-corrected chi connectivity index (χ3v) is 5.03. The van der Waals surface area contributed by atoms with Crippen LogP contribution >= 0.6 is 24.2 Å². The molecule has 0 spiro atoms. The summed E-state index contributed by atoms with van der Waals surface area (Å²) in [6.45, 7) is 7.06. The van der Waals surface area contributed by atoms with Gasteiger partial charge < -0.3 is 11.1 Å². The van der Waals surface area contributed by atoms with Crippen LogP contribution in [0.3, 0.4) is 0 Å². The molecule has 0 aliphatic carbocycles. The molecule has 1 fully saturated rings. The first-order chi connectivity index (χ1) is 7.48. The van der Waals surface area contributed by atoms with Crippen LogP contribution in [0.1, 0.15) is 40.0 Å². The summed E-state index contributed by atoms with van der Waals surface area (Å²) in [5.74, 6) is 1.47. The van der Waals surface area contributed by atoms with E-state index in [9.17, 15) is 4.79 Å². The third-order valence-electron chi connectivity index (χ3n) is 3.50. The van der Waals surface area contributed by atoms with E-state index in [1.165, 1.54) is 18.6 Å². The van der Waals surface area contributed by atoms with E-state index in [-0.39, 0.29) is 35.0 Å². The van der Waals surface area contributed by atoms with Crippen LogP contribution in [0, 0.1) is 5.92 Å². The molecule has 3 nitrogen and oxygen atoms in total. The zero-order valence-electron chi connectivity index (χ0n) is 11.0. The first-order valence-corrected chi connectivity index (χ1v) is 7.14. The van der Waals surface area contributed by atoms with Crippen LogP contribution in [0.5, 0.6) is 0 Å². The van der Waals surface area contributed by atoms with Crippen molar-refractivity contribution in [2.75, 3.05) is 12.3 Å². The van der Waals surface area contributed by atoms with Gasteiger partial charge >= 0.3 is 0 Å². The Labute approximate surface area is 115 Å². The average Bonchev–Trinajstić information content (AvgIpc) is 2.71. The Hall–Kier alpha value is 0.0700. The highest BCUT2D eigenvalue weighted by atomic mass is 35.5. The van der Waals surface area contributed by atoms with Crippen LogP contribution in [-0.4, -0.2) is 29.0 Å². The molecule has 0 radical (unpaired) electrons. The van der Waals surface area contributed by atoms with Crippen molar-refractivity contribution < 1.29 is 4.79 Å². The number of halogens is 1. The maximum absolute atomic E-state index is 11.8. The Kier molecular flexibility index (Phi) is 7.52. The summed E-state index contributed by atoms with van der Waals surface area (Å²) >= 11 is 1.96. The molecule has 17 heavy (non-hydrogen) atoms. The lowest BCUT2D eigenvalue weighted by Gasteiger charge is -2.25. The summed E-state index contributed by atoms with van der Waals surface area (Å²) in [7, 11) is 0. The average molecular weight is 281 g/mol. The lowest BCUT2D eigenvalue weighted by Crippen LogP contribution is -2.48. The topological polar surface area (TPSA) is 55.1 Å². The van der Waals surface area contributed by atoms with Gasteiger partial charge in [0.05, 0.1) is 6.04 Å². The van der Waals surface area contributed by atoms with Crippen molar-refractivity contribution in [3.63, 3.8) is 0 Å². The summed E-state index contributed by atoms with van der Waals surface area (Å²) in [4.78, 5) is 11.8. The molecule has 0 aromatic heterocycles. The predicted molar refractivity (Wildman–Crippen MR) is 77.8 cm³/mol. The highest BCUT2D eigenvalue weighted by Gasteiger charge is 2.30. The standard InChI is InChI=1S/C12H24N2OS.ClH/c1-4-9(2)10(13)11(15)14-8-12(3)6-5-7-16-12;/h9-10H,4-8,13H2,1-3H3,(H,14,15);1H. The van der Waals surface area contributed by atoms with Crippen molar-refractivity contribution in [3.05, 3.63) is 0 Å². The Morgan fingerprint density at radius 3 is 2.71 bits per heavy atom. The number of thioether (sulfide) groups is 1. The van der Waals surface area contributed by atoms with E-state index >= 15 is 0 Å². The second kappa shape index (κ2) is 7.49. The fourth-order valence-electron chi connectivity index (χ4n) is 1.88. The van der Waals surface area contributed by atoms with Crippen molar-refractivity contribution in [1.82, 2.24) is 5.32 Å². The minimum atomic E-state index is -0.361. The molecule has 1 amide bonds. The summed E-state index contributed by atoms with van der Waals surface area (Å²) in [6, 6.07) is -0.361. The SMILES string of the molecule is CCC(C)C(N)C(=O)NCC1(C)CCCS1.Cl. The maximum atomic E-state index is 11.8. The van der Waals surface area contributed by atoms with Gasteiger partial charge in [-0.15, -0.1) is 12.4 Å². The van der Waals surface area contributed by atoms with Gasteiger partial charge in [0.1, 0.15) is 0 Å². The molecule has 1 saturated heterocycles. The van der Waals surface area contributed by atoms with E-state index < -0.39 is 0 Å². The molecular weight excluding hydrogens is 256 g/mol. The minimum Gasteiger partial charge on any atom is -0.353 e. The third kappa shape index (κ3) is 5.06. The van der Waals surface area contributed by atoms with Crippen LogP contribution in [0.4, 0.5) is 0 Å². The number of carbonyl (C=O) groups excluding carboxylic acids is 1. The van der Waals surface area contributed by atoms with Crippen LogP contribution in [0.2, 0.25) is 0 Å². The van der Waals surface area contributed by atoms with Crippen LogP contribution < -0.4 is 11.1 Å². The number of amides is 1. The van der Waals surface area contributed by atoms with E-state index in [0.29, 0.717) is 0 Å². The molecule has 3 atom stereocenters. The highest BCUT2D eigenvalue weighted by Crippen LogP contribution is 2.36. The molecular formula is C12H25ClN2OS. The van der Waals surface area contributed by atoms with Gasteiger partial charge in [0.15, 0.2) is 0 Å². The van der Waals surface area contributed by atoms with Gasteiger partial charge in [-0.3, -0.25) is 4.79 Å². The summed E-state index contributed by atoms with van der Waals surface area (Å²) < 4.78 is 0.227. The molecule has 5 heteroatoms. The van der Waals surface area contributed by atoms with Crippen molar-refractivity contribution in [3.8, 4) is 0 Å². The first-order valence-electron chi connectivity index (χ1n) is 6.16. The van der Waals surface area contributed by atoms with E-state index in [1.807, 2.05) is 18.7 Å². The molecule has 0 bridgehead atoms. The van der Waals surface area contributed by atoms with Gasteiger partial charge in [0.25, 0.3) is 0 Å². The number of nitrogens with two attached hydrogens (primary N) is 1. The molecule has 0 saturated carbocycles. The second-order valence-corrected chi connectivity index (χ2v) is 6.71. The molecule has 3 N–H and O–H groups in total. The lowest BCUT2D eigenvalue weighted by molar-refractivity contribution is -0.123. The molecule has 1 aliphatic heterocycles. The molecule has 1 rings (SSSR count). The normalized spacial score (nSPS) is 27.1. The fraction of sp³-hybridized carbons (Fsp3) is 0.917. The first kappa shape index (κ1) is 17.1. The van der Waals surface area contributed by atoms with Crippen LogP contribution in [0.25, 0.3) is 0 Å². The van der Waals surface area contributed by atoms with Gasteiger partial charge in [-0.2, -0.15) is 11.8 Å². The van der Waals surface area contributed by atoms with E-state index in [1.54, 1.807) is 0 Å². The fourth-order valence-corrected chi connectivity index (χ4v) is 3.12. The monoisotopic (exact) mass is 280 g/mol. The van der Waals surface area contributed by atoms with E-state index in [4.69, 9.17) is 5.73 Å². The lowest BCUT2D eigenvalue weighted by atomic mass is 9.99. The number of carbonyl (C=O) groups is 1. The van der Waals surface area contributed by atoms with Crippen molar-refractivity contribution in [2.24, 2.45) is 11.7 Å². The summed E-state index contributed by atoms with van der Waals surface area (Å²) in [5, 5.41) is 3.00. The van der Waals surface area contributed by atoms with Gasteiger partial charge in [0, 0.05) is 11.3 Å². The van der Waals surface area contributed by atoms with Gasteiger partial charge in [-0.25, -0.2) is 0 Å². The van der Waals surface area contributed by atoms with E-state index in [0.717, 1.165) is 13.0 Å². The molecule has 1 aliphatic rings. The Balaban J connectivity index is 0.00000256. The van der Waals surface area contributed by atoms with Gasteiger partial charge in [-0.1, -0.05) is 20.3 Å². The van der Waals surface area contributed by atoms with E-state index in [2.05, 4.69) is 19.2 Å². The largest absolute Gasteiger partial charge is 0.353 e. The van der Waals surface area contributed by atoms with Crippen LogP contribution in [0.15, 0.2) is 0 Å². The Morgan fingerprint density at radius 1 is 1.59 bits per heavy atom. The smallest absolute Gasteiger partial charge is 0.237 e. The number of rotatable bonds is 5. The van der Waals surface area contributed by atoms with Crippen molar-refractivity contribution in [1.29, 1.82) is 0 Å². The molecule has 0 aromatic rings. The number of nitrogens with one attached hydrogen (secondary N) is 1. The zero-order valence-corrected chi connectivity index (χ0v) is 12.6. The molecule has 0 aromatic carbocycles. The number of hydrogen-bond acceptors (Lipinski definition) is 3. The predicted octanol–water partition coefficient (Wildman–Crippen LogP) is 2.18. The second-order valence-electron chi connectivity index (χ2n) is 5.03.